The Morgan fingerprint density at radius 1 is 1.36 bits per heavy atom. The van der Waals surface area contributed by atoms with Gasteiger partial charge >= 0.3 is 0 Å². The second-order valence-electron chi connectivity index (χ2n) is 3.11. The Bertz CT molecular complexity index is 219. The lowest BCUT2D eigenvalue weighted by atomic mass is 9.99. The first-order chi connectivity index (χ1) is 5.18. The Kier molecular flexibility index (Phi) is 2.48. The van der Waals surface area contributed by atoms with Crippen molar-refractivity contribution in [1.29, 1.82) is 0 Å². The van der Waals surface area contributed by atoms with Crippen LogP contribution in [-0.4, -0.2) is 0 Å². The van der Waals surface area contributed by atoms with Gasteiger partial charge in [0.1, 0.15) is 0 Å². The molecule has 58 valence electrons. The van der Waals surface area contributed by atoms with Crippen LogP contribution in [-0.2, 0) is 0 Å². The van der Waals surface area contributed by atoms with Crippen molar-refractivity contribution in [2.75, 3.05) is 0 Å². The lowest BCUT2D eigenvalue weighted by Crippen LogP contribution is -1.91. The van der Waals surface area contributed by atoms with Crippen molar-refractivity contribution < 1.29 is 0 Å². The summed E-state index contributed by atoms with van der Waals surface area (Å²) in [6, 6.07) is 0. The minimum Gasteiger partial charge on any atom is -0.0918 e. The molecular weight excluding hydrogens is 132 g/mol. The maximum absolute atomic E-state index is 3.83. The number of hydrogen-bond donors (Lipinski definition) is 0. The van der Waals surface area contributed by atoms with Crippen LogP contribution in [0.1, 0.15) is 13.8 Å². The fraction of sp³-hybridized carbons (Fsp3) is 0.273. The highest BCUT2D eigenvalue weighted by atomic mass is 14.0. The zero-order chi connectivity index (χ0) is 8.27. The molecule has 0 heterocycles. The fourth-order valence-corrected chi connectivity index (χ4v) is 1.09. The summed E-state index contributed by atoms with van der Waals surface area (Å²) >= 11 is 0. The molecule has 0 atom stereocenters. The second kappa shape index (κ2) is 3.38. The van der Waals surface area contributed by atoms with Crippen molar-refractivity contribution in [2.45, 2.75) is 13.8 Å². The summed E-state index contributed by atoms with van der Waals surface area (Å²) in [4.78, 5) is 0. The van der Waals surface area contributed by atoms with Gasteiger partial charge in [0.25, 0.3) is 0 Å². The molecule has 0 radical (unpaired) electrons. The lowest BCUT2D eigenvalue weighted by Gasteiger charge is -2.06. The Morgan fingerprint density at radius 3 is 2.36 bits per heavy atom. The molecule has 1 aliphatic carbocycles. The molecule has 0 heteroatoms. The SMILES string of the molecule is C=C1C=CC(C=C(C)C)C=C1. The molecule has 0 saturated carbocycles. The highest BCUT2D eigenvalue weighted by Gasteiger charge is 1.98. The normalized spacial score (nSPS) is 17.1. The fourth-order valence-electron chi connectivity index (χ4n) is 1.09. The Labute approximate surface area is 68.6 Å². The van der Waals surface area contributed by atoms with E-state index in [1.54, 1.807) is 0 Å². The van der Waals surface area contributed by atoms with Gasteiger partial charge in [-0.3, -0.25) is 0 Å². The van der Waals surface area contributed by atoms with Gasteiger partial charge in [-0.05, 0) is 19.4 Å². The average molecular weight is 146 g/mol. The molecule has 0 aromatic rings. The molecular formula is C11H14. The molecule has 0 unspecified atom stereocenters. The van der Waals surface area contributed by atoms with E-state index in [1.807, 2.05) is 0 Å². The summed E-state index contributed by atoms with van der Waals surface area (Å²) in [6.07, 6.45) is 10.7. The van der Waals surface area contributed by atoms with E-state index in [0.29, 0.717) is 5.92 Å². The zero-order valence-electron chi connectivity index (χ0n) is 7.17. The van der Waals surface area contributed by atoms with Crippen LogP contribution in [0.5, 0.6) is 0 Å². The first-order valence-corrected chi connectivity index (χ1v) is 3.89. The number of allylic oxidation sites excluding steroid dienone is 7. The summed E-state index contributed by atoms with van der Waals surface area (Å²) < 4.78 is 0. The van der Waals surface area contributed by atoms with Gasteiger partial charge in [-0.25, -0.2) is 0 Å². The van der Waals surface area contributed by atoms with Gasteiger partial charge in [-0.2, -0.15) is 0 Å². The van der Waals surface area contributed by atoms with E-state index in [1.165, 1.54) is 5.57 Å². The van der Waals surface area contributed by atoms with Gasteiger partial charge in [-0.15, -0.1) is 0 Å². The molecule has 0 aromatic carbocycles. The lowest BCUT2D eigenvalue weighted by molar-refractivity contribution is 1.03. The average Bonchev–Trinajstić information content (AvgIpc) is 1.93. The molecule has 0 amide bonds. The number of hydrogen-bond acceptors (Lipinski definition) is 0. The molecule has 1 aliphatic rings. The first-order valence-electron chi connectivity index (χ1n) is 3.89. The van der Waals surface area contributed by atoms with Crippen LogP contribution in [0.3, 0.4) is 0 Å². The van der Waals surface area contributed by atoms with E-state index >= 15 is 0 Å². The maximum Gasteiger partial charge on any atom is 0.0136 e. The maximum atomic E-state index is 3.83. The first kappa shape index (κ1) is 8.06. The van der Waals surface area contributed by atoms with Gasteiger partial charge in [0.15, 0.2) is 0 Å². The van der Waals surface area contributed by atoms with Crippen LogP contribution in [0.2, 0.25) is 0 Å². The van der Waals surface area contributed by atoms with E-state index in [9.17, 15) is 0 Å². The van der Waals surface area contributed by atoms with Crippen molar-refractivity contribution in [3.05, 3.63) is 48.1 Å². The summed E-state index contributed by atoms with van der Waals surface area (Å²) in [5.74, 6) is 0.477. The van der Waals surface area contributed by atoms with E-state index in [-0.39, 0.29) is 0 Å². The standard InChI is InChI=1S/C11H14/c1-9(2)8-11-6-4-10(3)5-7-11/h4-8,11H,3H2,1-2H3. The highest BCUT2D eigenvalue weighted by Crippen LogP contribution is 2.14. The summed E-state index contributed by atoms with van der Waals surface area (Å²) in [5, 5.41) is 0. The zero-order valence-corrected chi connectivity index (χ0v) is 7.17. The molecule has 1 rings (SSSR count). The van der Waals surface area contributed by atoms with E-state index < -0.39 is 0 Å². The van der Waals surface area contributed by atoms with E-state index in [2.05, 4.69) is 50.8 Å². The minimum atomic E-state index is 0.477. The number of rotatable bonds is 1. The van der Waals surface area contributed by atoms with Crippen LogP contribution in [0.25, 0.3) is 0 Å². The van der Waals surface area contributed by atoms with Gasteiger partial charge in [0.05, 0.1) is 0 Å². The van der Waals surface area contributed by atoms with Crippen LogP contribution in [0.15, 0.2) is 48.1 Å². The van der Waals surface area contributed by atoms with Crippen LogP contribution >= 0.6 is 0 Å². The summed E-state index contributed by atoms with van der Waals surface area (Å²) in [5.41, 5.74) is 2.44. The van der Waals surface area contributed by atoms with Crippen molar-refractivity contribution >= 4 is 0 Å². The monoisotopic (exact) mass is 146 g/mol. The van der Waals surface area contributed by atoms with Gasteiger partial charge in [0, 0.05) is 5.92 Å². The molecule has 0 fully saturated rings. The Balaban J connectivity index is 2.66. The molecule has 0 saturated heterocycles. The molecule has 0 spiro atoms. The van der Waals surface area contributed by atoms with Crippen molar-refractivity contribution in [2.24, 2.45) is 5.92 Å². The second-order valence-corrected chi connectivity index (χ2v) is 3.11. The quantitative estimate of drug-likeness (QED) is 0.498. The topological polar surface area (TPSA) is 0 Å². The summed E-state index contributed by atoms with van der Waals surface area (Å²) in [6.45, 7) is 8.07. The third kappa shape index (κ3) is 2.58. The predicted molar refractivity (Wildman–Crippen MR) is 50.3 cm³/mol. The molecule has 0 bridgehead atoms. The van der Waals surface area contributed by atoms with Crippen molar-refractivity contribution in [3.8, 4) is 0 Å². The van der Waals surface area contributed by atoms with Gasteiger partial charge in [-0.1, -0.05) is 42.5 Å². The molecule has 0 N–H and O–H groups in total. The van der Waals surface area contributed by atoms with Crippen LogP contribution in [0, 0.1) is 5.92 Å². The minimum absolute atomic E-state index is 0.477. The largest absolute Gasteiger partial charge is 0.0918 e. The Morgan fingerprint density at radius 2 is 1.91 bits per heavy atom. The Hall–Kier alpha value is -1.04. The van der Waals surface area contributed by atoms with Crippen molar-refractivity contribution in [3.63, 3.8) is 0 Å². The van der Waals surface area contributed by atoms with Crippen LogP contribution in [0.4, 0.5) is 0 Å². The predicted octanol–water partition coefficient (Wildman–Crippen LogP) is 3.25. The molecule has 0 aliphatic heterocycles. The molecule has 0 aromatic heterocycles. The summed E-state index contributed by atoms with van der Waals surface area (Å²) in [7, 11) is 0. The van der Waals surface area contributed by atoms with E-state index in [0.717, 1.165) is 5.57 Å². The smallest absolute Gasteiger partial charge is 0.0136 e. The van der Waals surface area contributed by atoms with E-state index in [4.69, 9.17) is 0 Å². The van der Waals surface area contributed by atoms with Gasteiger partial charge in [0.2, 0.25) is 0 Å². The molecule has 0 nitrogen and oxygen atoms in total. The van der Waals surface area contributed by atoms with Crippen LogP contribution < -0.4 is 0 Å². The van der Waals surface area contributed by atoms with Gasteiger partial charge < -0.3 is 0 Å². The highest BCUT2D eigenvalue weighted by molar-refractivity contribution is 5.35. The molecule has 11 heavy (non-hydrogen) atoms. The third-order valence-electron chi connectivity index (χ3n) is 1.59. The third-order valence-corrected chi connectivity index (χ3v) is 1.59. The van der Waals surface area contributed by atoms with Crippen molar-refractivity contribution in [1.82, 2.24) is 0 Å².